The molecule has 0 bridgehead atoms. The monoisotopic (exact) mass is 280 g/mol. The average Bonchev–Trinajstić information content (AvgIpc) is 2.48. The van der Waals surface area contributed by atoms with E-state index in [1.165, 1.54) is 6.07 Å². The van der Waals surface area contributed by atoms with E-state index < -0.39 is 5.97 Å². The highest BCUT2D eigenvalue weighted by Crippen LogP contribution is 2.26. The minimum Gasteiger partial charge on any atom is -0.478 e. The molecule has 0 amide bonds. The molecule has 0 spiro atoms. The van der Waals surface area contributed by atoms with Crippen molar-refractivity contribution in [3.8, 4) is 11.6 Å². The van der Waals surface area contributed by atoms with Gasteiger partial charge >= 0.3 is 5.97 Å². The summed E-state index contributed by atoms with van der Waals surface area (Å²) in [5.74, 6) is -0.222. The summed E-state index contributed by atoms with van der Waals surface area (Å²) in [7, 11) is 0. The van der Waals surface area contributed by atoms with Crippen LogP contribution in [0, 0.1) is 6.92 Å². The van der Waals surface area contributed by atoms with Crippen molar-refractivity contribution in [3.05, 3.63) is 59.9 Å². The third-order valence-electron chi connectivity index (χ3n) is 3.10. The maximum Gasteiger partial charge on any atom is 0.336 e. The number of rotatable bonds is 3. The van der Waals surface area contributed by atoms with Crippen LogP contribution in [0.3, 0.4) is 0 Å². The molecule has 0 saturated carbocycles. The van der Waals surface area contributed by atoms with Crippen LogP contribution in [0.4, 0.5) is 0 Å². The maximum absolute atomic E-state index is 11.4. The Morgan fingerprint density at radius 1 is 1.19 bits per heavy atom. The Kier molecular flexibility index (Phi) is 3.23. The van der Waals surface area contributed by atoms with E-state index in [2.05, 4.69) is 9.97 Å². The lowest BCUT2D eigenvalue weighted by Crippen LogP contribution is -2.01. The largest absolute Gasteiger partial charge is 0.478 e. The molecular weight excluding hydrogens is 268 g/mol. The van der Waals surface area contributed by atoms with Crippen molar-refractivity contribution in [1.29, 1.82) is 0 Å². The molecular formula is C16H12N2O3. The van der Waals surface area contributed by atoms with Gasteiger partial charge in [0.25, 0.3) is 0 Å². The summed E-state index contributed by atoms with van der Waals surface area (Å²) in [4.78, 5) is 19.9. The van der Waals surface area contributed by atoms with Crippen LogP contribution in [-0.2, 0) is 0 Å². The van der Waals surface area contributed by atoms with Crippen LogP contribution in [0.5, 0.6) is 11.6 Å². The van der Waals surface area contributed by atoms with Gasteiger partial charge in [-0.05, 0) is 25.1 Å². The van der Waals surface area contributed by atoms with Crippen LogP contribution in [0.1, 0.15) is 16.1 Å². The van der Waals surface area contributed by atoms with E-state index in [1.54, 1.807) is 42.6 Å². The third kappa shape index (κ3) is 2.53. The van der Waals surface area contributed by atoms with Gasteiger partial charge in [0.2, 0.25) is 5.88 Å². The molecule has 0 aliphatic rings. The summed E-state index contributed by atoms with van der Waals surface area (Å²) < 4.78 is 5.67. The second-order valence-electron chi connectivity index (χ2n) is 4.52. The molecule has 0 saturated heterocycles. The third-order valence-corrected chi connectivity index (χ3v) is 3.10. The van der Waals surface area contributed by atoms with Gasteiger partial charge in [0.1, 0.15) is 0 Å². The molecule has 2 aromatic heterocycles. The Hall–Kier alpha value is -2.95. The number of pyridine rings is 2. The molecule has 5 nitrogen and oxygen atoms in total. The Morgan fingerprint density at radius 3 is 2.76 bits per heavy atom. The van der Waals surface area contributed by atoms with Crippen LogP contribution in [0.25, 0.3) is 10.9 Å². The predicted octanol–water partition coefficient (Wildman–Crippen LogP) is 3.43. The van der Waals surface area contributed by atoms with Crippen LogP contribution in [0.2, 0.25) is 0 Å². The van der Waals surface area contributed by atoms with E-state index in [1.807, 2.05) is 6.92 Å². The zero-order valence-electron chi connectivity index (χ0n) is 11.3. The molecule has 0 aliphatic carbocycles. The number of hydrogen-bond donors (Lipinski definition) is 1. The number of carboxylic acids is 1. The number of fused-ring (bicyclic) bond motifs is 1. The van der Waals surface area contributed by atoms with Crippen LogP contribution in [-0.4, -0.2) is 21.0 Å². The lowest BCUT2D eigenvalue weighted by Gasteiger charge is -2.09. The molecule has 5 heteroatoms. The summed E-state index contributed by atoms with van der Waals surface area (Å²) in [5.41, 5.74) is 1.45. The second-order valence-corrected chi connectivity index (χ2v) is 4.52. The van der Waals surface area contributed by atoms with Crippen molar-refractivity contribution in [2.75, 3.05) is 0 Å². The number of carbonyl (C=O) groups is 1. The first-order chi connectivity index (χ1) is 10.1. The quantitative estimate of drug-likeness (QED) is 0.795. The Bertz CT molecular complexity index is 831. The van der Waals surface area contributed by atoms with Crippen LogP contribution in [0.15, 0.2) is 48.7 Å². The number of nitrogens with zero attached hydrogens (tertiary/aromatic N) is 2. The number of aromatic nitrogens is 2. The van der Waals surface area contributed by atoms with Crippen molar-refractivity contribution >= 4 is 16.9 Å². The molecule has 1 N–H and O–H groups in total. The standard InChI is InChI=1S/C16H12N2O3/c1-10-14(7-4-8-17-10)21-15-9-12(16(19)20)11-5-2-3-6-13(11)18-15/h2-9H,1H3,(H,19,20). The van der Waals surface area contributed by atoms with Gasteiger partial charge in [0.15, 0.2) is 5.75 Å². The SMILES string of the molecule is Cc1ncccc1Oc1cc(C(=O)O)c2ccccc2n1. The number of aryl methyl sites for hydroxylation is 1. The van der Waals surface area contributed by atoms with Crippen molar-refractivity contribution in [3.63, 3.8) is 0 Å². The fourth-order valence-electron chi connectivity index (χ4n) is 2.07. The van der Waals surface area contributed by atoms with Gasteiger partial charge < -0.3 is 9.84 Å². The highest BCUT2D eigenvalue weighted by Gasteiger charge is 2.13. The smallest absolute Gasteiger partial charge is 0.336 e. The lowest BCUT2D eigenvalue weighted by molar-refractivity contribution is 0.0698. The molecule has 3 aromatic rings. The van der Waals surface area contributed by atoms with E-state index >= 15 is 0 Å². The highest BCUT2D eigenvalue weighted by molar-refractivity contribution is 6.02. The fraction of sp³-hybridized carbons (Fsp3) is 0.0625. The normalized spacial score (nSPS) is 10.5. The molecule has 1 aromatic carbocycles. The number of carboxylic acid groups (broad SMARTS) is 1. The molecule has 0 radical (unpaired) electrons. The fourth-order valence-corrected chi connectivity index (χ4v) is 2.07. The summed E-state index contributed by atoms with van der Waals surface area (Å²) in [6.45, 7) is 1.81. The number of para-hydroxylation sites is 1. The van der Waals surface area contributed by atoms with E-state index in [4.69, 9.17) is 4.74 Å². The van der Waals surface area contributed by atoms with Gasteiger partial charge in [-0.2, -0.15) is 0 Å². The van der Waals surface area contributed by atoms with Gasteiger partial charge in [0.05, 0.1) is 16.8 Å². The molecule has 3 rings (SSSR count). The van der Waals surface area contributed by atoms with Crippen LogP contribution >= 0.6 is 0 Å². The molecule has 21 heavy (non-hydrogen) atoms. The molecule has 0 atom stereocenters. The Morgan fingerprint density at radius 2 is 2.00 bits per heavy atom. The zero-order chi connectivity index (χ0) is 14.8. The molecule has 0 unspecified atom stereocenters. The summed E-state index contributed by atoms with van der Waals surface area (Å²) in [6.07, 6.45) is 1.67. The van der Waals surface area contributed by atoms with Crippen molar-refractivity contribution in [2.24, 2.45) is 0 Å². The van der Waals surface area contributed by atoms with Crippen molar-refractivity contribution in [1.82, 2.24) is 9.97 Å². The number of benzene rings is 1. The minimum absolute atomic E-state index is 0.164. The highest BCUT2D eigenvalue weighted by atomic mass is 16.5. The summed E-state index contributed by atoms with van der Waals surface area (Å²) >= 11 is 0. The lowest BCUT2D eigenvalue weighted by atomic mass is 10.1. The number of aromatic carboxylic acids is 1. The topological polar surface area (TPSA) is 72.3 Å². The van der Waals surface area contributed by atoms with Crippen molar-refractivity contribution in [2.45, 2.75) is 6.92 Å². The van der Waals surface area contributed by atoms with Gasteiger partial charge in [-0.15, -0.1) is 0 Å². The summed E-state index contributed by atoms with van der Waals surface area (Å²) in [6, 6.07) is 12.0. The number of hydrogen-bond acceptors (Lipinski definition) is 4. The van der Waals surface area contributed by atoms with E-state index in [-0.39, 0.29) is 11.4 Å². The first-order valence-corrected chi connectivity index (χ1v) is 6.38. The minimum atomic E-state index is -1.01. The van der Waals surface area contributed by atoms with Crippen molar-refractivity contribution < 1.29 is 14.6 Å². The van der Waals surface area contributed by atoms with Gasteiger partial charge in [0, 0.05) is 17.6 Å². The first kappa shape index (κ1) is 13.1. The molecule has 2 heterocycles. The molecule has 0 aliphatic heterocycles. The van der Waals surface area contributed by atoms with Gasteiger partial charge in [-0.1, -0.05) is 18.2 Å². The predicted molar refractivity (Wildman–Crippen MR) is 77.8 cm³/mol. The van der Waals surface area contributed by atoms with E-state index in [9.17, 15) is 9.90 Å². The van der Waals surface area contributed by atoms with Gasteiger partial charge in [-0.25, -0.2) is 9.78 Å². The maximum atomic E-state index is 11.4. The molecule has 104 valence electrons. The molecule has 0 fully saturated rings. The summed E-state index contributed by atoms with van der Waals surface area (Å²) in [5, 5.41) is 9.92. The number of ether oxygens (including phenoxy) is 1. The van der Waals surface area contributed by atoms with E-state index in [0.717, 1.165) is 0 Å². The van der Waals surface area contributed by atoms with E-state index in [0.29, 0.717) is 22.3 Å². The van der Waals surface area contributed by atoms with Crippen LogP contribution < -0.4 is 4.74 Å². The Labute approximate surface area is 120 Å². The zero-order valence-corrected chi connectivity index (χ0v) is 11.3. The second kappa shape index (κ2) is 5.20. The first-order valence-electron chi connectivity index (χ1n) is 6.38. The average molecular weight is 280 g/mol. The van der Waals surface area contributed by atoms with Gasteiger partial charge in [-0.3, -0.25) is 4.98 Å². The Balaban J connectivity index is 2.11.